The standard InChI is InChI=1S/C42H56N6O8/c1-25(2)21-33(46-40(55)35(26(3)4)47-38(53)31(43)24-44-37(52)30-23-29(49)17-18-34(30)50)39(54)45-32(22-27-13-7-5-8-14-27)36(51)41(56)48-42(19-11-12-20-42)28-15-9-6-10-16-28/h5-10,13-18,23,25-26,31-33,35-36,49-51H,11-12,19-22,24,43H2,1-4H3,(H,44,52)(H,45,54)(H,46,55)(H,47,53)(H,48,56)/t31-,32-,33-,35-,36+/m0/s1. The summed E-state index contributed by atoms with van der Waals surface area (Å²) >= 11 is 0. The first-order valence-electron chi connectivity index (χ1n) is 19.2. The Morgan fingerprint density at radius 1 is 0.768 bits per heavy atom. The predicted octanol–water partition coefficient (Wildman–Crippen LogP) is 2.50. The van der Waals surface area contributed by atoms with Crippen LogP contribution in [0.2, 0.25) is 0 Å². The number of nitrogens with one attached hydrogen (secondary N) is 5. The highest BCUT2D eigenvalue weighted by molar-refractivity contribution is 5.98. The zero-order valence-corrected chi connectivity index (χ0v) is 32.5. The summed E-state index contributed by atoms with van der Waals surface area (Å²) in [5.41, 5.74) is 6.92. The molecule has 0 aromatic heterocycles. The maximum Gasteiger partial charge on any atom is 0.255 e. The molecule has 1 aliphatic carbocycles. The first kappa shape index (κ1) is 43.3. The van der Waals surface area contributed by atoms with Gasteiger partial charge >= 0.3 is 0 Å². The summed E-state index contributed by atoms with van der Waals surface area (Å²) in [5.74, 6) is -4.53. The van der Waals surface area contributed by atoms with Crippen molar-refractivity contribution in [3.63, 3.8) is 0 Å². The minimum atomic E-state index is -1.63. The number of aliphatic hydroxyl groups is 1. The van der Waals surface area contributed by atoms with Crippen molar-refractivity contribution in [2.75, 3.05) is 6.54 Å². The van der Waals surface area contributed by atoms with Gasteiger partial charge in [0.2, 0.25) is 17.7 Å². The van der Waals surface area contributed by atoms with E-state index in [0.717, 1.165) is 36.1 Å². The van der Waals surface area contributed by atoms with Gasteiger partial charge < -0.3 is 47.6 Å². The molecule has 0 heterocycles. The monoisotopic (exact) mass is 772 g/mol. The Morgan fingerprint density at radius 2 is 1.39 bits per heavy atom. The number of hydrogen-bond acceptors (Lipinski definition) is 9. The maximum atomic E-state index is 14.1. The molecule has 10 N–H and O–H groups in total. The van der Waals surface area contributed by atoms with Gasteiger partial charge in [0, 0.05) is 6.54 Å². The highest BCUT2D eigenvalue weighted by Gasteiger charge is 2.40. The Balaban J connectivity index is 1.46. The number of phenols is 2. The van der Waals surface area contributed by atoms with E-state index in [1.165, 1.54) is 6.07 Å². The Hall–Kier alpha value is -5.47. The largest absolute Gasteiger partial charge is 0.508 e. The third kappa shape index (κ3) is 11.8. The number of carbonyl (C=O) groups excluding carboxylic acids is 5. The highest BCUT2D eigenvalue weighted by Crippen LogP contribution is 2.38. The molecule has 3 aromatic rings. The van der Waals surface area contributed by atoms with Crippen LogP contribution in [0.5, 0.6) is 11.5 Å². The predicted molar refractivity (Wildman–Crippen MR) is 211 cm³/mol. The number of carbonyl (C=O) groups is 5. The van der Waals surface area contributed by atoms with Gasteiger partial charge in [0.15, 0.2) is 6.10 Å². The zero-order valence-electron chi connectivity index (χ0n) is 32.5. The number of rotatable bonds is 18. The van der Waals surface area contributed by atoms with Crippen LogP contribution in [0.1, 0.15) is 81.3 Å². The fourth-order valence-corrected chi connectivity index (χ4v) is 6.96. The molecular weight excluding hydrogens is 716 g/mol. The van der Waals surface area contributed by atoms with E-state index in [2.05, 4.69) is 26.6 Å². The SMILES string of the molecule is CC(C)C[C@H](NC(=O)[C@@H](NC(=O)[C@@H](N)CNC(=O)c1cc(O)ccc1O)C(C)C)C(=O)N[C@@H](Cc1ccccc1)[C@@H](O)C(=O)NC1(c2ccccc2)CCCC1. The van der Waals surface area contributed by atoms with Crippen molar-refractivity contribution < 1.29 is 39.3 Å². The third-order valence-corrected chi connectivity index (χ3v) is 10.1. The zero-order chi connectivity index (χ0) is 41.0. The van der Waals surface area contributed by atoms with Gasteiger partial charge in [0.1, 0.15) is 29.6 Å². The normalized spacial score (nSPS) is 16.2. The lowest BCUT2D eigenvalue weighted by Gasteiger charge is -2.34. The smallest absolute Gasteiger partial charge is 0.255 e. The van der Waals surface area contributed by atoms with Gasteiger partial charge in [0.25, 0.3) is 11.8 Å². The fourth-order valence-electron chi connectivity index (χ4n) is 6.96. The van der Waals surface area contributed by atoms with Crippen molar-refractivity contribution >= 4 is 29.5 Å². The van der Waals surface area contributed by atoms with Crippen molar-refractivity contribution in [2.45, 2.75) is 102 Å². The third-order valence-electron chi connectivity index (χ3n) is 10.1. The van der Waals surface area contributed by atoms with Crippen LogP contribution in [-0.2, 0) is 31.1 Å². The van der Waals surface area contributed by atoms with E-state index in [0.29, 0.717) is 12.8 Å². The second kappa shape index (κ2) is 19.9. The van der Waals surface area contributed by atoms with Crippen molar-refractivity contribution in [2.24, 2.45) is 17.6 Å². The van der Waals surface area contributed by atoms with Crippen LogP contribution in [0.3, 0.4) is 0 Å². The molecule has 0 aliphatic heterocycles. The van der Waals surface area contributed by atoms with Gasteiger partial charge in [-0.2, -0.15) is 0 Å². The van der Waals surface area contributed by atoms with E-state index >= 15 is 0 Å². The Bertz CT molecular complexity index is 1800. The van der Waals surface area contributed by atoms with Crippen LogP contribution in [0.25, 0.3) is 0 Å². The molecule has 0 spiro atoms. The summed E-state index contributed by atoms with van der Waals surface area (Å²) in [7, 11) is 0. The minimum absolute atomic E-state index is 0.0602. The van der Waals surface area contributed by atoms with Crippen LogP contribution >= 0.6 is 0 Å². The van der Waals surface area contributed by atoms with E-state index in [9.17, 15) is 39.3 Å². The molecule has 14 nitrogen and oxygen atoms in total. The number of benzene rings is 3. The van der Waals surface area contributed by atoms with Crippen LogP contribution < -0.4 is 32.3 Å². The summed E-state index contributed by atoms with van der Waals surface area (Å²) in [6.07, 6.45) is 1.97. The van der Waals surface area contributed by atoms with E-state index in [-0.39, 0.29) is 42.4 Å². The molecular formula is C42H56N6O8. The second-order valence-electron chi connectivity index (χ2n) is 15.3. The number of nitrogens with two attached hydrogens (primary N) is 1. The van der Waals surface area contributed by atoms with Gasteiger partial charge in [-0.15, -0.1) is 0 Å². The lowest BCUT2D eigenvalue weighted by molar-refractivity contribution is -0.136. The Labute approximate surface area is 328 Å². The van der Waals surface area contributed by atoms with Gasteiger partial charge in [0.05, 0.1) is 17.1 Å². The molecule has 0 unspecified atom stereocenters. The lowest BCUT2D eigenvalue weighted by atomic mass is 9.87. The first-order valence-corrected chi connectivity index (χ1v) is 19.2. The Kier molecular flexibility index (Phi) is 15.4. The topological polar surface area (TPSA) is 232 Å². The molecule has 3 aromatic carbocycles. The quantitative estimate of drug-likeness (QED) is 0.0864. The molecule has 0 saturated heterocycles. The van der Waals surface area contributed by atoms with E-state index in [1.54, 1.807) is 13.8 Å². The number of hydrogen-bond donors (Lipinski definition) is 9. The summed E-state index contributed by atoms with van der Waals surface area (Å²) < 4.78 is 0. The van der Waals surface area contributed by atoms with E-state index in [4.69, 9.17) is 5.73 Å². The summed E-state index contributed by atoms with van der Waals surface area (Å²) in [5, 5.41) is 45.1. The van der Waals surface area contributed by atoms with Crippen LogP contribution in [0.4, 0.5) is 0 Å². The first-order chi connectivity index (χ1) is 26.6. The molecule has 14 heteroatoms. The summed E-state index contributed by atoms with van der Waals surface area (Å²) in [6, 6.07) is 17.7. The summed E-state index contributed by atoms with van der Waals surface area (Å²) in [4.78, 5) is 67.3. The number of aromatic hydroxyl groups is 2. The molecule has 4 rings (SSSR count). The van der Waals surface area contributed by atoms with Crippen molar-refractivity contribution in [1.82, 2.24) is 26.6 Å². The van der Waals surface area contributed by atoms with Crippen LogP contribution in [0.15, 0.2) is 78.9 Å². The fraction of sp³-hybridized carbons (Fsp3) is 0.452. The highest BCUT2D eigenvalue weighted by atomic mass is 16.3. The van der Waals surface area contributed by atoms with Crippen molar-refractivity contribution in [3.8, 4) is 11.5 Å². The average molecular weight is 773 g/mol. The van der Waals surface area contributed by atoms with Gasteiger partial charge in [-0.1, -0.05) is 101 Å². The average Bonchev–Trinajstić information content (AvgIpc) is 3.65. The number of amides is 5. The molecule has 5 atom stereocenters. The van der Waals surface area contributed by atoms with Crippen LogP contribution in [0, 0.1) is 11.8 Å². The lowest BCUT2D eigenvalue weighted by Crippen LogP contribution is -2.61. The molecule has 1 saturated carbocycles. The molecule has 1 fully saturated rings. The molecule has 56 heavy (non-hydrogen) atoms. The van der Waals surface area contributed by atoms with Gasteiger partial charge in [-0.25, -0.2) is 0 Å². The second-order valence-corrected chi connectivity index (χ2v) is 15.3. The van der Waals surface area contributed by atoms with E-state index < -0.39 is 71.3 Å². The van der Waals surface area contributed by atoms with Gasteiger partial charge in [-0.3, -0.25) is 24.0 Å². The number of phenolic OH excluding ortho intramolecular Hbond substituents is 2. The maximum absolute atomic E-state index is 14.1. The molecule has 5 amide bonds. The molecule has 0 bridgehead atoms. The minimum Gasteiger partial charge on any atom is -0.508 e. The molecule has 1 aliphatic rings. The van der Waals surface area contributed by atoms with Crippen molar-refractivity contribution in [3.05, 3.63) is 95.6 Å². The van der Waals surface area contributed by atoms with E-state index in [1.807, 2.05) is 74.5 Å². The Morgan fingerprint density at radius 3 is 2.00 bits per heavy atom. The van der Waals surface area contributed by atoms with Crippen molar-refractivity contribution in [1.29, 1.82) is 0 Å². The van der Waals surface area contributed by atoms with Crippen LogP contribution in [-0.4, -0.2) is 81.7 Å². The molecule has 0 radical (unpaired) electrons. The summed E-state index contributed by atoms with van der Waals surface area (Å²) in [6.45, 7) is 6.82. The number of aliphatic hydroxyl groups excluding tert-OH is 1. The molecule has 302 valence electrons. The van der Waals surface area contributed by atoms with Gasteiger partial charge in [-0.05, 0) is 66.8 Å².